The smallest absolute Gasteiger partial charge is 0.254 e. The molecule has 0 aromatic heterocycles. The Hall–Kier alpha value is -1.60. The zero-order valence-corrected chi connectivity index (χ0v) is 15.4. The van der Waals surface area contributed by atoms with Gasteiger partial charge in [0, 0.05) is 30.7 Å². The minimum absolute atomic E-state index is 0.0875. The normalized spacial score (nSPS) is 25.3. The molecule has 25 heavy (non-hydrogen) atoms. The zero-order chi connectivity index (χ0) is 17.6. The molecule has 136 valence electrons. The maximum Gasteiger partial charge on any atom is 0.254 e. The largest absolute Gasteiger partial charge is 0.331 e. The summed E-state index contributed by atoms with van der Waals surface area (Å²) >= 11 is 0. The quantitative estimate of drug-likeness (QED) is 0.880. The van der Waals surface area contributed by atoms with Gasteiger partial charge in [0.05, 0.1) is 11.4 Å². The Morgan fingerprint density at radius 3 is 2.60 bits per heavy atom. The fraction of sp³-hybridized carbons (Fsp3) is 0.611. The number of amides is 1. The topological polar surface area (TPSA) is 69.7 Å². The Balaban J connectivity index is 1.60. The average molecular weight is 363 g/mol. The minimum atomic E-state index is -3.19. The van der Waals surface area contributed by atoms with Crippen molar-refractivity contribution < 1.29 is 13.2 Å². The van der Waals surface area contributed by atoms with Crippen molar-refractivity contribution in [3.05, 3.63) is 29.3 Å². The Bertz CT molecular complexity index is 783. The lowest BCUT2D eigenvalue weighted by molar-refractivity contribution is 0.0675. The average Bonchev–Trinajstić information content (AvgIpc) is 3.11. The monoisotopic (exact) mass is 363 g/mol. The van der Waals surface area contributed by atoms with Crippen LogP contribution in [0.1, 0.15) is 41.6 Å². The SMILES string of the molecule is Cc1cc(N2CCCS2(=O)=O)ccc1C(=O)N(C1CC1)C1CCNC1. The van der Waals surface area contributed by atoms with E-state index in [2.05, 4.69) is 10.2 Å². The molecular formula is C18H25N3O3S. The van der Waals surface area contributed by atoms with Crippen molar-refractivity contribution in [1.82, 2.24) is 10.2 Å². The second kappa shape index (κ2) is 6.29. The molecule has 1 aliphatic carbocycles. The highest BCUT2D eigenvalue weighted by atomic mass is 32.2. The van der Waals surface area contributed by atoms with Crippen molar-refractivity contribution >= 4 is 21.6 Å². The summed E-state index contributed by atoms with van der Waals surface area (Å²) in [5.74, 6) is 0.293. The number of hydrogen-bond acceptors (Lipinski definition) is 4. The van der Waals surface area contributed by atoms with Crippen LogP contribution < -0.4 is 9.62 Å². The van der Waals surface area contributed by atoms with Gasteiger partial charge in [-0.25, -0.2) is 8.42 Å². The lowest BCUT2D eigenvalue weighted by Gasteiger charge is -2.29. The highest BCUT2D eigenvalue weighted by molar-refractivity contribution is 7.93. The van der Waals surface area contributed by atoms with Crippen LogP contribution in [0.4, 0.5) is 5.69 Å². The molecule has 1 aromatic rings. The third kappa shape index (κ3) is 3.15. The molecule has 7 heteroatoms. The summed E-state index contributed by atoms with van der Waals surface area (Å²) in [6.45, 7) is 4.26. The van der Waals surface area contributed by atoms with Gasteiger partial charge >= 0.3 is 0 Å². The molecule has 0 bridgehead atoms. The van der Waals surface area contributed by atoms with Crippen molar-refractivity contribution in [3.63, 3.8) is 0 Å². The number of anilines is 1. The molecule has 0 spiro atoms. The van der Waals surface area contributed by atoms with E-state index in [0.29, 0.717) is 30.3 Å². The molecule has 2 aliphatic heterocycles. The molecule has 1 saturated carbocycles. The maximum atomic E-state index is 13.2. The van der Waals surface area contributed by atoms with E-state index in [9.17, 15) is 13.2 Å². The van der Waals surface area contributed by atoms with Crippen LogP contribution in [0.2, 0.25) is 0 Å². The molecule has 0 radical (unpaired) electrons. The zero-order valence-electron chi connectivity index (χ0n) is 14.6. The van der Waals surface area contributed by atoms with Gasteiger partial charge in [-0.2, -0.15) is 0 Å². The number of aryl methyl sites for hydroxylation is 1. The van der Waals surface area contributed by atoms with E-state index in [1.807, 2.05) is 13.0 Å². The van der Waals surface area contributed by atoms with Gasteiger partial charge in [-0.05, 0) is 62.9 Å². The number of carbonyl (C=O) groups is 1. The molecule has 3 fully saturated rings. The molecule has 1 amide bonds. The van der Waals surface area contributed by atoms with Crippen molar-refractivity contribution in [3.8, 4) is 0 Å². The van der Waals surface area contributed by atoms with Crippen molar-refractivity contribution in [2.75, 3.05) is 29.7 Å². The first-order valence-electron chi connectivity index (χ1n) is 9.12. The number of rotatable bonds is 4. The van der Waals surface area contributed by atoms with Crippen LogP contribution in [0, 0.1) is 6.92 Å². The van der Waals surface area contributed by atoms with Gasteiger partial charge < -0.3 is 10.2 Å². The van der Waals surface area contributed by atoms with Gasteiger partial charge in [0.2, 0.25) is 10.0 Å². The van der Waals surface area contributed by atoms with E-state index in [-0.39, 0.29) is 17.7 Å². The molecule has 6 nitrogen and oxygen atoms in total. The summed E-state index contributed by atoms with van der Waals surface area (Å²) in [6, 6.07) is 6.07. The van der Waals surface area contributed by atoms with Gasteiger partial charge in [-0.1, -0.05) is 0 Å². The number of nitrogens with one attached hydrogen (secondary N) is 1. The number of carbonyl (C=O) groups excluding carboxylic acids is 1. The number of hydrogen-bond donors (Lipinski definition) is 1. The Morgan fingerprint density at radius 1 is 1.24 bits per heavy atom. The van der Waals surface area contributed by atoms with E-state index in [0.717, 1.165) is 37.9 Å². The fourth-order valence-corrected chi connectivity index (χ4v) is 5.53. The van der Waals surface area contributed by atoms with Crippen LogP contribution in [0.3, 0.4) is 0 Å². The molecule has 2 heterocycles. The van der Waals surface area contributed by atoms with Crippen molar-refractivity contribution in [2.24, 2.45) is 0 Å². The molecule has 1 unspecified atom stereocenters. The van der Waals surface area contributed by atoms with Gasteiger partial charge in [0.15, 0.2) is 0 Å². The van der Waals surface area contributed by atoms with Gasteiger partial charge in [-0.15, -0.1) is 0 Å². The Kier molecular flexibility index (Phi) is 4.24. The molecule has 4 rings (SSSR count). The summed E-state index contributed by atoms with van der Waals surface area (Å²) in [5.41, 5.74) is 2.22. The molecule has 1 N–H and O–H groups in total. The lowest BCUT2D eigenvalue weighted by atomic mass is 10.0. The van der Waals surface area contributed by atoms with Crippen LogP contribution in [0.25, 0.3) is 0 Å². The van der Waals surface area contributed by atoms with E-state index in [1.54, 1.807) is 12.1 Å². The van der Waals surface area contributed by atoms with Crippen LogP contribution >= 0.6 is 0 Å². The van der Waals surface area contributed by atoms with Crippen molar-refractivity contribution in [1.29, 1.82) is 0 Å². The minimum Gasteiger partial charge on any atom is -0.331 e. The summed E-state index contributed by atoms with van der Waals surface area (Å²) in [4.78, 5) is 15.2. The third-order valence-electron chi connectivity index (χ3n) is 5.43. The Labute approximate surface area is 149 Å². The van der Waals surface area contributed by atoms with E-state index in [4.69, 9.17) is 0 Å². The summed E-state index contributed by atoms with van der Waals surface area (Å²) < 4.78 is 25.7. The standard InChI is InChI=1S/C18H25N3O3S/c1-13-11-15(20-9-2-10-25(20,23)24)5-6-17(13)18(22)21(14-3-4-14)16-7-8-19-12-16/h5-6,11,14,16,19H,2-4,7-10,12H2,1H3. The van der Waals surface area contributed by atoms with Gasteiger partial charge in [0.1, 0.15) is 0 Å². The van der Waals surface area contributed by atoms with Crippen LogP contribution in [0.15, 0.2) is 18.2 Å². The third-order valence-corrected chi connectivity index (χ3v) is 7.30. The molecule has 3 aliphatic rings. The summed E-state index contributed by atoms with van der Waals surface area (Å²) in [6.07, 6.45) is 3.84. The highest BCUT2D eigenvalue weighted by Crippen LogP contribution is 2.33. The highest BCUT2D eigenvalue weighted by Gasteiger charge is 2.39. The first-order valence-corrected chi connectivity index (χ1v) is 10.7. The lowest BCUT2D eigenvalue weighted by Crippen LogP contribution is -2.43. The van der Waals surface area contributed by atoms with Crippen LogP contribution in [0.5, 0.6) is 0 Å². The number of sulfonamides is 1. The second-order valence-electron chi connectivity index (χ2n) is 7.33. The van der Waals surface area contributed by atoms with Crippen LogP contribution in [-0.4, -0.2) is 56.7 Å². The van der Waals surface area contributed by atoms with Crippen LogP contribution in [-0.2, 0) is 10.0 Å². The van der Waals surface area contributed by atoms with E-state index in [1.165, 1.54) is 4.31 Å². The molecule has 2 saturated heterocycles. The number of benzene rings is 1. The van der Waals surface area contributed by atoms with E-state index < -0.39 is 10.0 Å². The fourth-order valence-electron chi connectivity index (χ4n) is 3.97. The second-order valence-corrected chi connectivity index (χ2v) is 9.34. The first kappa shape index (κ1) is 16.8. The van der Waals surface area contributed by atoms with Gasteiger partial charge in [-0.3, -0.25) is 9.10 Å². The summed E-state index contributed by atoms with van der Waals surface area (Å²) in [5, 5.41) is 3.34. The predicted molar refractivity (Wildman–Crippen MR) is 97.4 cm³/mol. The Morgan fingerprint density at radius 2 is 2.04 bits per heavy atom. The summed E-state index contributed by atoms with van der Waals surface area (Å²) in [7, 11) is -3.19. The molecular weight excluding hydrogens is 338 g/mol. The maximum absolute atomic E-state index is 13.2. The van der Waals surface area contributed by atoms with E-state index >= 15 is 0 Å². The first-order chi connectivity index (χ1) is 12.0. The van der Waals surface area contributed by atoms with Gasteiger partial charge in [0.25, 0.3) is 5.91 Å². The number of nitrogens with zero attached hydrogens (tertiary/aromatic N) is 2. The predicted octanol–water partition coefficient (Wildman–Crippen LogP) is 1.50. The molecule has 1 atom stereocenters. The molecule has 1 aromatic carbocycles. The van der Waals surface area contributed by atoms with Crippen molar-refractivity contribution in [2.45, 2.75) is 44.7 Å².